The van der Waals surface area contributed by atoms with E-state index in [-0.39, 0.29) is 27.0 Å². The number of aliphatic imine (C=N–C) groups is 1. The van der Waals surface area contributed by atoms with Crippen LogP contribution < -0.4 is 11.1 Å². The van der Waals surface area contributed by atoms with Crippen LogP contribution in [0.1, 0.15) is 36.4 Å². The Kier molecular flexibility index (Phi) is 5.20. The second-order valence-corrected chi connectivity index (χ2v) is 7.15. The maximum atomic E-state index is 15.1. The van der Waals surface area contributed by atoms with Gasteiger partial charge >= 0.3 is 6.55 Å². The lowest BCUT2D eigenvalue weighted by molar-refractivity contribution is 0.00403. The Morgan fingerprint density at radius 3 is 2.72 bits per heavy atom. The summed E-state index contributed by atoms with van der Waals surface area (Å²) in [4.78, 5) is 16.3. The third kappa shape index (κ3) is 3.74. The minimum Gasteiger partial charge on any atom is -0.462 e. The molecule has 0 spiro atoms. The van der Waals surface area contributed by atoms with Crippen LogP contribution in [0.5, 0.6) is 0 Å². The number of alkyl halides is 3. The fourth-order valence-electron chi connectivity index (χ4n) is 2.85. The van der Waals surface area contributed by atoms with E-state index < -0.39 is 41.8 Å². The Morgan fingerprint density at radius 2 is 2.10 bits per heavy atom. The summed E-state index contributed by atoms with van der Waals surface area (Å²) in [6.07, 6.45) is 0.798. The lowest BCUT2D eigenvalue weighted by atomic mass is 9.78. The van der Waals surface area contributed by atoms with E-state index in [9.17, 15) is 18.0 Å². The topological polar surface area (TPSA) is 94.5 Å². The summed E-state index contributed by atoms with van der Waals surface area (Å²) in [5, 5.41) is 5.49. The lowest BCUT2D eigenvalue weighted by Gasteiger charge is -2.40. The summed E-state index contributed by atoms with van der Waals surface area (Å²) >= 11 is 5.77. The van der Waals surface area contributed by atoms with Crippen molar-refractivity contribution in [1.29, 1.82) is 0 Å². The molecule has 0 saturated heterocycles. The molecule has 2 aromatic rings. The summed E-state index contributed by atoms with van der Waals surface area (Å²) in [7, 11) is 0. The van der Waals surface area contributed by atoms with E-state index in [0.29, 0.717) is 0 Å². The average molecular weight is 434 g/mol. The predicted molar refractivity (Wildman–Crippen MR) is 97.3 cm³/mol. The number of rotatable bonds is 4. The van der Waals surface area contributed by atoms with Crippen LogP contribution in [0.15, 0.2) is 29.4 Å². The van der Waals surface area contributed by atoms with Crippen molar-refractivity contribution in [2.75, 3.05) is 11.9 Å². The van der Waals surface area contributed by atoms with Gasteiger partial charge < -0.3 is 15.8 Å². The molecule has 1 amide bonds. The molecule has 0 saturated carbocycles. The minimum atomic E-state index is -2.98. The molecule has 156 valence electrons. The van der Waals surface area contributed by atoms with Gasteiger partial charge in [-0.2, -0.15) is 13.9 Å². The maximum Gasteiger partial charge on any atom is 0.333 e. The normalized spacial score (nSPS) is 24.2. The molecular formula is C17H16ClF4N5O2. The number of anilines is 1. The Bertz CT molecular complexity index is 994. The molecule has 0 bridgehead atoms. The first kappa shape index (κ1) is 20.9. The van der Waals surface area contributed by atoms with Crippen LogP contribution in [0.2, 0.25) is 5.02 Å². The largest absolute Gasteiger partial charge is 0.462 e. The Hall–Kier alpha value is -2.82. The number of nitrogens with one attached hydrogen (secondary N) is 1. The molecule has 7 nitrogen and oxygen atoms in total. The standard InChI is InChI=1S/C17H16ClF4N5O2/c1-16(22)7-29-15(23)25-17(16,2)9-5-8(3-4-11(9)19)24-13(28)12-10(18)6-27(26-12)14(20)21/h3-6,14H,7H2,1-2H3,(H2,23,25)(H,24,28)/t16-,17+/m0/s1. The van der Waals surface area contributed by atoms with Gasteiger partial charge in [-0.1, -0.05) is 11.6 Å². The van der Waals surface area contributed by atoms with Crippen molar-refractivity contribution < 1.29 is 27.1 Å². The maximum absolute atomic E-state index is 15.1. The summed E-state index contributed by atoms with van der Waals surface area (Å²) in [6, 6.07) is 3.08. The molecule has 0 unspecified atom stereocenters. The predicted octanol–water partition coefficient (Wildman–Crippen LogP) is 3.61. The number of ether oxygens (including phenoxy) is 1. The zero-order chi connectivity index (χ0) is 21.6. The van der Waals surface area contributed by atoms with Crippen molar-refractivity contribution in [3.05, 3.63) is 46.5 Å². The molecule has 1 aromatic heterocycles. The molecule has 12 heteroatoms. The number of hydrogen-bond acceptors (Lipinski definition) is 5. The van der Waals surface area contributed by atoms with Gasteiger partial charge in [0, 0.05) is 11.3 Å². The van der Waals surface area contributed by atoms with Gasteiger partial charge in [-0.3, -0.25) is 4.79 Å². The van der Waals surface area contributed by atoms with E-state index in [2.05, 4.69) is 15.4 Å². The van der Waals surface area contributed by atoms with Crippen LogP contribution in [-0.4, -0.2) is 34.0 Å². The van der Waals surface area contributed by atoms with E-state index in [1.807, 2.05) is 0 Å². The zero-order valence-electron chi connectivity index (χ0n) is 15.2. The number of benzene rings is 1. The van der Waals surface area contributed by atoms with E-state index >= 15 is 4.39 Å². The first-order valence-corrected chi connectivity index (χ1v) is 8.63. The number of nitrogens with zero attached hydrogens (tertiary/aromatic N) is 3. The van der Waals surface area contributed by atoms with Gasteiger partial charge in [0.1, 0.15) is 18.0 Å². The van der Waals surface area contributed by atoms with Crippen molar-refractivity contribution in [2.24, 2.45) is 10.7 Å². The smallest absolute Gasteiger partial charge is 0.333 e. The van der Waals surface area contributed by atoms with Gasteiger partial charge in [0.15, 0.2) is 11.4 Å². The average Bonchev–Trinajstić information content (AvgIpc) is 3.02. The van der Waals surface area contributed by atoms with Crippen molar-refractivity contribution in [3.63, 3.8) is 0 Å². The highest BCUT2D eigenvalue weighted by Crippen LogP contribution is 2.43. The quantitative estimate of drug-likeness (QED) is 0.720. The molecule has 0 aliphatic carbocycles. The van der Waals surface area contributed by atoms with Gasteiger partial charge in [-0.25, -0.2) is 18.5 Å². The molecule has 29 heavy (non-hydrogen) atoms. The molecule has 0 radical (unpaired) electrons. The Balaban J connectivity index is 1.96. The highest BCUT2D eigenvalue weighted by atomic mass is 35.5. The first-order valence-electron chi connectivity index (χ1n) is 8.26. The van der Waals surface area contributed by atoms with E-state index in [1.165, 1.54) is 26.0 Å². The minimum absolute atomic E-state index is 0.0475. The molecule has 2 heterocycles. The monoisotopic (exact) mass is 433 g/mol. The highest BCUT2D eigenvalue weighted by molar-refractivity contribution is 6.34. The fourth-order valence-corrected chi connectivity index (χ4v) is 3.07. The van der Waals surface area contributed by atoms with E-state index in [4.69, 9.17) is 22.1 Å². The van der Waals surface area contributed by atoms with Crippen LogP contribution in [0.25, 0.3) is 0 Å². The van der Waals surface area contributed by atoms with Crippen molar-refractivity contribution in [3.8, 4) is 0 Å². The third-order valence-corrected chi connectivity index (χ3v) is 4.97. The molecule has 1 aliphatic rings. The van der Waals surface area contributed by atoms with Gasteiger partial charge in [-0.15, -0.1) is 0 Å². The zero-order valence-corrected chi connectivity index (χ0v) is 16.0. The molecule has 3 rings (SSSR count). The molecule has 2 atom stereocenters. The second-order valence-electron chi connectivity index (χ2n) is 6.74. The van der Waals surface area contributed by atoms with Crippen LogP contribution >= 0.6 is 11.6 Å². The number of amidine groups is 1. The number of carbonyl (C=O) groups is 1. The highest BCUT2D eigenvalue weighted by Gasteiger charge is 2.52. The van der Waals surface area contributed by atoms with Crippen LogP contribution in [0.3, 0.4) is 0 Å². The van der Waals surface area contributed by atoms with Gasteiger partial charge in [0.25, 0.3) is 11.9 Å². The summed E-state index contributed by atoms with van der Waals surface area (Å²) in [5.74, 6) is -1.69. The molecule has 1 aliphatic heterocycles. The number of aromatic nitrogens is 2. The van der Waals surface area contributed by atoms with Gasteiger partial charge in [0.2, 0.25) is 0 Å². The molecule has 0 fully saturated rings. The van der Waals surface area contributed by atoms with Crippen molar-refractivity contribution in [1.82, 2.24) is 9.78 Å². The summed E-state index contributed by atoms with van der Waals surface area (Å²) in [5.41, 5.74) is 1.10. The number of hydrogen-bond donors (Lipinski definition) is 2. The van der Waals surface area contributed by atoms with Crippen molar-refractivity contribution >= 4 is 29.2 Å². The number of amides is 1. The van der Waals surface area contributed by atoms with Crippen LogP contribution in [0.4, 0.5) is 23.2 Å². The lowest BCUT2D eigenvalue weighted by Crippen LogP contribution is -2.52. The second kappa shape index (κ2) is 7.21. The summed E-state index contributed by atoms with van der Waals surface area (Å²) < 4.78 is 60.2. The molecule has 3 N–H and O–H groups in total. The Morgan fingerprint density at radius 1 is 1.41 bits per heavy atom. The van der Waals surface area contributed by atoms with Crippen molar-refractivity contribution in [2.45, 2.75) is 31.6 Å². The van der Waals surface area contributed by atoms with E-state index in [1.54, 1.807) is 0 Å². The molecular weight excluding hydrogens is 418 g/mol. The van der Waals surface area contributed by atoms with Crippen LogP contribution in [0, 0.1) is 5.82 Å². The fraction of sp³-hybridized carbons (Fsp3) is 0.353. The number of carbonyl (C=O) groups excluding carboxylic acids is 1. The first-order chi connectivity index (χ1) is 13.4. The SMILES string of the molecule is C[C@]1(F)COC(N)=N[C@]1(C)c1cc(NC(=O)c2nn(C(F)F)cc2Cl)ccc1F. The van der Waals surface area contributed by atoms with Gasteiger partial charge in [-0.05, 0) is 32.0 Å². The third-order valence-electron chi connectivity index (χ3n) is 4.69. The molecule has 1 aromatic carbocycles. The van der Waals surface area contributed by atoms with Gasteiger partial charge in [0.05, 0.1) is 11.2 Å². The van der Waals surface area contributed by atoms with E-state index in [0.717, 1.165) is 12.3 Å². The number of nitrogens with two attached hydrogens (primary N) is 1. The number of halogens is 5. The summed E-state index contributed by atoms with van der Waals surface area (Å²) in [6.45, 7) is -0.904. The Labute approximate surface area is 167 Å². The van der Waals surface area contributed by atoms with Crippen LogP contribution in [-0.2, 0) is 10.3 Å².